The van der Waals surface area contributed by atoms with Crippen LogP contribution in [0.1, 0.15) is 36.1 Å². The molecule has 7 atom stereocenters. The monoisotopic (exact) mass is 485 g/mol. The van der Waals surface area contributed by atoms with Crippen LogP contribution in [0.3, 0.4) is 0 Å². The molecule has 2 aromatic rings. The van der Waals surface area contributed by atoms with Crippen LogP contribution in [0.5, 0.6) is 0 Å². The molecule has 0 aromatic carbocycles. The van der Waals surface area contributed by atoms with Crippen molar-refractivity contribution >= 4 is 40.9 Å². The van der Waals surface area contributed by atoms with E-state index >= 15 is 0 Å². The first-order chi connectivity index (χ1) is 16.0. The van der Waals surface area contributed by atoms with Gasteiger partial charge < -0.3 is 9.72 Å². The van der Waals surface area contributed by atoms with Crippen molar-refractivity contribution in [2.45, 2.75) is 36.0 Å². The molecule has 0 radical (unpaired) electrons. The first-order valence-electron chi connectivity index (χ1n) is 11.3. The molecule has 3 fully saturated rings. The highest BCUT2D eigenvalue weighted by Gasteiger charge is 2.69. The Labute approximate surface area is 198 Å². The zero-order chi connectivity index (χ0) is 22.9. The standard InChI is InChI=1S/C23H23N3O5S2/c1-2-31-13(27)5-7-26-21(28)16-11-8-12(17(16)22(26)29)18-15(11)14(10-4-3-6-24-9-10)19-20(32-18)25-23(30)33-19/h3-4,6,9,11-12,14-18H,2,5,7-8H2,1H3,(H,25,30)/t11-,12-,14-,15-,16+,17-,18+/m1/s1. The number of carbonyl (C=O) groups excluding carboxylic acids is 3. The fourth-order valence-corrected chi connectivity index (χ4v) is 9.56. The third-order valence-corrected chi connectivity index (χ3v) is 10.3. The van der Waals surface area contributed by atoms with Gasteiger partial charge in [0.2, 0.25) is 11.8 Å². The van der Waals surface area contributed by atoms with Gasteiger partial charge in [-0.2, -0.15) is 0 Å². The van der Waals surface area contributed by atoms with Gasteiger partial charge in [0.1, 0.15) is 0 Å². The van der Waals surface area contributed by atoms with Crippen LogP contribution in [-0.2, 0) is 19.1 Å². The second kappa shape index (κ2) is 7.80. The molecule has 2 aliphatic heterocycles. The number of aromatic nitrogens is 2. The number of thiazole rings is 1. The molecule has 8 nitrogen and oxygen atoms in total. The number of H-pyrrole nitrogens is 1. The number of thioether (sulfide) groups is 1. The van der Waals surface area contributed by atoms with Crippen LogP contribution in [0.15, 0.2) is 34.3 Å². The van der Waals surface area contributed by atoms with E-state index in [0.29, 0.717) is 0 Å². The molecule has 2 saturated carbocycles. The Bertz CT molecular complexity index is 1190. The van der Waals surface area contributed by atoms with Gasteiger partial charge in [0, 0.05) is 35.0 Å². The largest absolute Gasteiger partial charge is 0.466 e. The Balaban J connectivity index is 1.34. The molecular weight excluding hydrogens is 462 g/mol. The van der Waals surface area contributed by atoms with E-state index in [1.165, 1.54) is 16.2 Å². The van der Waals surface area contributed by atoms with Gasteiger partial charge in [-0.15, -0.1) is 11.8 Å². The van der Waals surface area contributed by atoms with E-state index in [1.54, 1.807) is 24.9 Å². The summed E-state index contributed by atoms with van der Waals surface area (Å²) in [6.45, 7) is 2.09. The average molecular weight is 486 g/mol. The topological polar surface area (TPSA) is 109 Å². The maximum Gasteiger partial charge on any atom is 0.307 e. The first kappa shape index (κ1) is 21.1. The summed E-state index contributed by atoms with van der Waals surface area (Å²) in [5.41, 5.74) is 1.05. The number of pyridine rings is 1. The van der Waals surface area contributed by atoms with E-state index in [9.17, 15) is 19.2 Å². The van der Waals surface area contributed by atoms with E-state index in [4.69, 9.17) is 4.74 Å². The molecule has 2 amide bonds. The summed E-state index contributed by atoms with van der Waals surface area (Å²) in [5.74, 6) is -1.09. The van der Waals surface area contributed by atoms with Crippen molar-refractivity contribution in [2.75, 3.05) is 13.2 Å². The number of hydrogen-bond acceptors (Lipinski definition) is 8. The number of hydrogen-bond donors (Lipinski definition) is 1. The molecule has 6 rings (SSSR count). The number of rotatable bonds is 5. The lowest BCUT2D eigenvalue weighted by molar-refractivity contribution is -0.145. The van der Waals surface area contributed by atoms with Crippen molar-refractivity contribution in [1.82, 2.24) is 14.9 Å². The normalized spacial score (nSPS) is 33.7. The summed E-state index contributed by atoms with van der Waals surface area (Å²) in [6.07, 6.45) is 4.45. The van der Waals surface area contributed by atoms with Crippen LogP contribution in [0.4, 0.5) is 0 Å². The van der Waals surface area contributed by atoms with E-state index in [2.05, 4.69) is 9.97 Å². The molecule has 2 bridgehead atoms. The number of ether oxygens (including phenoxy) is 1. The second-order valence-corrected chi connectivity index (χ2v) is 11.3. The van der Waals surface area contributed by atoms with E-state index in [-0.39, 0.29) is 77.0 Å². The van der Waals surface area contributed by atoms with Crippen LogP contribution in [0, 0.1) is 29.6 Å². The van der Waals surface area contributed by atoms with E-state index < -0.39 is 5.97 Å². The second-order valence-electron chi connectivity index (χ2n) is 9.13. The molecule has 4 heterocycles. The third-order valence-electron chi connectivity index (χ3n) is 7.70. The van der Waals surface area contributed by atoms with E-state index in [1.807, 2.05) is 18.3 Å². The number of nitrogens with one attached hydrogen (secondary N) is 1. The smallest absolute Gasteiger partial charge is 0.307 e. The van der Waals surface area contributed by atoms with Crippen molar-refractivity contribution in [2.24, 2.45) is 29.6 Å². The number of likely N-dealkylation sites (tertiary alicyclic amines) is 1. The van der Waals surface area contributed by atoms with Gasteiger partial charge in [-0.1, -0.05) is 17.4 Å². The number of carbonyl (C=O) groups is 3. The summed E-state index contributed by atoms with van der Waals surface area (Å²) in [4.78, 5) is 60.3. The van der Waals surface area contributed by atoms with Crippen LogP contribution in [0.2, 0.25) is 0 Å². The molecule has 172 valence electrons. The number of esters is 1. The van der Waals surface area contributed by atoms with Gasteiger partial charge in [0.25, 0.3) is 0 Å². The first-order valence-corrected chi connectivity index (χ1v) is 13.0. The molecule has 0 unspecified atom stereocenters. The van der Waals surface area contributed by atoms with Crippen molar-refractivity contribution in [3.8, 4) is 0 Å². The van der Waals surface area contributed by atoms with Gasteiger partial charge in [-0.25, -0.2) is 0 Å². The zero-order valence-corrected chi connectivity index (χ0v) is 19.6. The average Bonchev–Trinajstić information content (AvgIpc) is 3.52. The Morgan fingerprint density at radius 2 is 2.03 bits per heavy atom. The summed E-state index contributed by atoms with van der Waals surface area (Å²) in [6, 6.07) is 3.94. The fourth-order valence-electron chi connectivity index (χ4n) is 6.67. The lowest BCUT2D eigenvalue weighted by Gasteiger charge is -2.42. The number of amides is 2. The number of nitrogens with zero attached hydrogens (tertiary/aromatic N) is 2. The Morgan fingerprint density at radius 3 is 2.76 bits per heavy atom. The molecule has 33 heavy (non-hydrogen) atoms. The van der Waals surface area contributed by atoms with Crippen LogP contribution in [0.25, 0.3) is 0 Å². The number of fused-ring (bicyclic) bond motifs is 9. The minimum absolute atomic E-state index is 0.0173. The summed E-state index contributed by atoms with van der Waals surface area (Å²) >= 11 is 2.91. The van der Waals surface area contributed by atoms with Crippen LogP contribution >= 0.6 is 23.1 Å². The Kier molecular flexibility index (Phi) is 4.99. The lowest BCUT2D eigenvalue weighted by atomic mass is 9.68. The number of aromatic amines is 1. The lowest BCUT2D eigenvalue weighted by Crippen LogP contribution is -2.42. The molecule has 4 aliphatic rings. The Hall–Kier alpha value is -2.46. The van der Waals surface area contributed by atoms with Crippen LogP contribution < -0.4 is 4.87 Å². The SMILES string of the molecule is CCOC(=O)CCN1C(=O)[C@@H]2[C@H]3C[C@@H]([C@@H]2C1=O)[C@@H]1[C@@H](c2cccnc2)c2sc(=O)[nH]c2S[C@@H]31. The van der Waals surface area contributed by atoms with Crippen molar-refractivity contribution < 1.29 is 19.1 Å². The minimum Gasteiger partial charge on any atom is -0.466 e. The number of imide groups is 1. The summed E-state index contributed by atoms with van der Waals surface area (Å²) in [5, 5.41) is 1.04. The molecule has 0 spiro atoms. The highest BCUT2D eigenvalue weighted by molar-refractivity contribution is 8.00. The molecule has 10 heteroatoms. The summed E-state index contributed by atoms with van der Waals surface area (Å²) < 4.78 is 4.97. The van der Waals surface area contributed by atoms with Gasteiger partial charge >= 0.3 is 10.8 Å². The quantitative estimate of drug-likeness (QED) is 0.511. The third kappa shape index (κ3) is 3.06. The molecule has 1 saturated heterocycles. The van der Waals surface area contributed by atoms with Gasteiger partial charge in [0.15, 0.2) is 0 Å². The molecule has 1 N–H and O–H groups in total. The van der Waals surface area contributed by atoms with Crippen molar-refractivity contribution in [1.29, 1.82) is 0 Å². The molecule has 2 aromatic heterocycles. The minimum atomic E-state index is -0.396. The summed E-state index contributed by atoms with van der Waals surface area (Å²) in [7, 11) is 0. The zero-order valence-electron chi connectivity index (χ0n) is 17.9. The highest BCUT2D eigenvalue weighted by atomic mass is 32.2. The predicted octanol–water partition coefficient (Wildman–Crippen LogP) is 2.26. The Morgan fingerprint density at radius 1 is 1.24 bits per heavy atom. The van der Waals surface area contributed by atoms with Gasteiger partial charge in [-0.3, -0.25) is 29.1 Å². The van der Waals surface area contributed by atoms with Gasteiger partial charge in [0.05, 0.1) is 29.9 Å². The van der Waals surface area contributed by atoms with Crippen LogP contribution in [-0.4, -0.2) is 51.1 Å². The maximum atomic E-state index is 13.4. The van der Waals surface area contributed by atoms with E-state index in [0.717, 1.165) is 21.9 Å². The molecular formula is C23H23N3O5S2. The highest BCUT2D eigenvalue weighted by Crippen LogP contribution is 2.68. The fraction of sp³-hybridized carbons (Fsp3) is 0.522. The maximum absolute atomic E-state index is 13.4. The molecule has 2 aliphatic carbocycles. The van der Waals surface area contributed by atoms with Crippen molar-refractivity contribution in [3.05, 3.63) is 44.6 Å². The van der Waals surface area contributed by atoms with Crippen molar-refractivity contribution in [3.63, 3.8) is 0 Å². The van der Waals surface area contributed by atoms with Gasteiger partial charge in [-0.05, 0) is 42.7 Å². The predicted molar refractivity (Wildman–Crippen MR) is 121 cm³/mol.